The van der Waals surface area contributed by atoms with Gasteiger partial charge in [0, 0.05) is 0 Å². The Morgan fingerprint density at radius 3 is 0.614 bits per heavy atom. The van der Waals surface area contributed by atoms with Crippen molar-refractivity contribution in [1.82, 2.24) is 0 Å². The van der Waals surface area contributed by atoms with Crippen LogP contribution < -0.4 is 28.4 Å². The van der Waals surface area contributed by atoms with Crippen LogP contribution in [0, 0.1) is 0 Å². The summed E-state index contributed by atoms with van der Waals surface area (Å²) >= 11 is 0. The van der Waals surface area contributed by atoms with Crippen molar-refractivity contribution in [3.05, 3.63) is 182 Å². The zero-order valence-corrected chi connectivity index (χ0v) is 38.3. The molecule has 20 heteroatoms. The molecule has 0 atom stereocenters. The van der Waals surface area contributed by atoms with E-state index < -0.39 is 13.5 Å². The van der Waals surface area contributed by atoms with Gasteiger partial charge in [0.05, 0.1) is 0 Å². The van der Waals surface area contributed by atoms with E-state index in [0.717, 1.165) is 0 Å². The Morgan fingerprint density at radius 2 is 0.457 bits per heavy atom. The van der Waals surface area contributed by atoms with Crippen LogP contribution in [0.2, 0.25) is 12.6 Å². The van der Waals surface area contributed by atoms with Crippen molar-refractivity contribution in [3.63, 3.8) is 0 Å². The van der Waals surface area contributed by atoms with Crippen LogP contribution in [-0.4, -0.2) is 48.9 Å². The van der Waals surface area contributed by atoms with Gasteiger partial charge in [-0.25, -0.2) is 0 Å². The second-order valence-electron chi connectivity index (χ2n) is 15.4. The maximum absolute atomic E-state index is 6.44. The molecule has 3 heterocycles. The van der Waals surface area contributed by atoms with Gasteiger partial charge in [0.15, 0.2) is 0 Å². The predicted octanol–water partition coefficient (Wildman–Crippen LogP) is 10.9. The molecule has 6 aromatic rings. The third-order valence-corrected chi connectivity index (χ3v) is 9.90. The molecule has 0 radical (unpaired) electrons. The van der Waals surface area contributed by atoms with E-state index in [4.69, 9.17) is 57.0 Å². The Hall–Kier alpha value is -8.93. The number of oxime groups is 6. The molecule has 9 rings (SSSR count). The molecule has 0 N–H and O–H groups in total. The topological polar surface area (TPSA) is 185 Å². The number of nitrogens with zero attached hydrogens (tertiary/aromatic N) is 6. The maximum Gasteiger partial charge on any atom is 0.609 e. The Balaban J connectivity index is 1.41. The van der Waals surface area contributed by atoms with Gasteiger partial charge in [0.1, 0.15) is 34.5 Å². The van der Waals surface area contributed by atoms with Gasteiger partial charge in [-0.05, 0) is 72.8 Å². The molecule has 0 saturated carbocycles. The summed E-state index contributed by atoms with van der Waals surface area (Å²) in [5.74, 6) is -0.362. The van der Waals surface area contributed by atoms with Crippen molar-refractivity contribution in [1.29, 1.82) is 0 Å². The van der Waals surface area contributed by atoms with Gasteiger partial charge >= 0.3 is 48.9 Å². The zero-order valence-electron chi connectivity index (χ0n) is 38.3. The molecular formula is C50H48B2N6O12-2. The summed E-state index contributed by atoms with van der Waals surface area (Å²) in [4.78, 5) is 0. The van der Waals surface area contributed by atoms with Crippen LogP contribution in [-0.2, 0) is 28.5 Å². The average Bonchev–Trinajstić information content (AvgIpc) is 3.41. The zero-order chi connectivity index (χ0) is 48.1. The molecule has 358 valence electrons. The SMILES string of the molecule is CCCC[B-]12ON=C(Oc3ccccc3)/C(Oc3ccccc3)=N/O[B-](CCCC)(O/N=C(Oc3ccccc3)/C(Oc3ccccc3)=N/O1)O/N=C(Oc1ccccc1)/C(Oc1ccccc1)=N/O2. The first-order chi connectivity index (χ1) is 34.5. The smallest absolute Gasteiger partial charge is 0.537 e. The molecule has 0 aliphatic carbocycles. The van der Waals surface area contributed by atoms with Crippen LogP contribution in [0.5, 0.6) is 34.5 Å². The van der Waals surface area contributed by atoms with Crippen molar-refractivity contribution >= 4 is 48.9 Å². The van der Waals surface area contributed by atoms with Crippen LogP contribution in [0.4, 0.5) is 0 Å². The minimum absolute atomic E-state index is 0.0559. The first kappa shape index (κ1) is 47.6. The number of benzene rings is 6. The lowest BCUT2D eigenvalue weighted by Crippen LogP contribution is -2.46. The van der Waals surface area contributed by atoms with Gasteiger partial charge < -0.3 is 57.0 Å². The number of rotatable bonds is 12. The number of unbranched alkanes of at least 4 members (excludes halogenated alkanes) is 2. The number of para-hydroxylation sites is 6. The minimum atomic E-state index is -3.40. The third kappa shape index (κ3) is 13.6. The molecular weight excluding hydrogens is 898 g/mol. The first-order valence-electron chi connectivity index (χ1n) is 22.7. The van der Waals surface area contributed by atoms with Crippen LogP contribution in [0.25, 0.3) is 0 Å². The van der Waals surface area contributed by atoms with Gasteiger partial charge in [-0.1, -0.05) is 192 Å². The number of fused-ring (bicyclic) bond motifs is 9. The lowest BCUT2D eigenvalue weighted by atomic mass is 9.73. The fraction of sp³-hybridized carbons (Fsp3) is 0.160. The molecule has 0 fully saturated rings. The van der Waals surface area contributed by atoms with Gasteiger partial charge in [-0.3, -0.25) is 0 Å². The van der Waals surface area contributed by atoms with E-state index in [2.05, 4.69) is 30.9 Å². The largest absolute Gasteiger partial charge is 0.609 e. The standard InChI is InChI=1S/C50H48B2N6O12/c1-3-5-37-51-65-53-45(59-39-25-13-7-14-26-39)48(62-42-31-19-10-20-32-42)56-68-52(38-6-4-2,69-57-49(63-43-33-21-11-22-34-43)46(54-66-51)60-40-27-15-8-16-28-40)70-58-50(64-44-35-23-12-24-36-44)47(55-67-51)61-41-29-17-9-18-30-41/h7-36H,3-6,37-38H2,1-2H3/q-2/b53-45-,54-46-,55-47-,56-48-,57-49-,58-50?. The number of hydrogen-bond acceptors (Lipinski definition) is 18. The van der Waals surface area contributed by atoms with Crippen molar-refractivity contribution in [2.24, 2.45) is 30.9 Å². The fourth-order valence-corrected chi connectivity index (χ4v) is 6.32. The van der Waals surface area contributed by atoms with Crippen molar-refractivity contribution < 1.29 is 57.0 Å². The highest BCUT2D eigenvalue weighted by atomic mass is 16.9. The second-order valence-corrected chi connectivity index (χ2v) is 15.4. The normalized spacial score (nSPS) is 21.8. The fourth-order valence-electron chi connectivity index (χ4n) is 6.32. The molecule has 0 unspecified atom stereocenters. The van der Waals surface area contributed by atoms with E-state index in [9.17, 15) is 0 Å². The summed E-state index contributed by atoms with van der Waals surface area (Å²) in [7, 11) is 0. The predicted molar refractivity (Wildman–Crippen MR) is 264 cm³/mol. The lowest BCUT2D eigenvalue weighted by molar-refractivity contribution is 0.0556. The summed E-state index contributed by atoms with van der Waals surface area (Å²) in [6.45, 7) is -2.87. The van der Waals surface area contributed by atoms with Crippen molar-refractivity contribution in [3.8, 4) is 34.5 Å². The average molecular weight is 947 g/mol. The van der Waals surface area contributed by atoms with Gasteiger partial charge in [-0.15, -0.1) is 0 Å². The summed E-state index contributed by atoms with van der Waals surface area (Å²) in [6, 6.07) is 52.5. The van der Waals surface area contributed by atoms with E-state index in [1.54, 1.807) is 146 Å². The van der Waals surface area contributed by atoms with Gasteiger partial charge in [0.25, 0.3) is 0 Å². The van der Waals surface area contributed by atoms with Crippen molar-refractivity contribution in [2.75, 3.05) is 0 Å². The molecule has 0 aromatic heterocycles. The summed E-state index contributed by atoms with van der Waals surface area (Å²) in [5, 5.41) is 27.0. The Morgan fingerprint density at radius 1 is 0.286 bits per heavy atom. The molecule has 0 saturated heterocycles. The molecule has 18 nitrogen and oxygen atoms in total. The second kappa shape index (κ2) is 24.2. The van der Waals surface area contributed by atoms with Gasteiger partial charge in [0.2, 0.25) is 0 Å². The van der Waals surface area contributed by atoms with Crippen LogP contribution in [0.3, 0.4) is 0 Å². The molecule has 6 aromatic carbocycles. The van der Waals surface area contributed by atoms with E-state index in [0.29, 0.717) is 60.2 Å². The van der Waals surface area contributed by atoms with E-state index >= 15 is 0 Å². The number of ether oxygens (including phenoxy) is 6. The van der Waals surface area contributed by atoms with Crippen molar-refractivity contribution in [2.45, 2.75) is 52.2 Å². The highest BCUT2D eigenvalue weighted by Gasteiger charge is 2.43. The third-order valence-electron chi connectivity index (χ3n) is 9.90. The summed E-state index contributed by atoms with van der Waals surface area (Å²) in [5.41, 5.74) is 0. The van der Waals surface area contributed by atoms with E-state index in [1.807, 2.05) is 50.2 Å². The van der Waals surface area contributed by atoms with Crippen LogP contribution in [0.1, 0.15) is 39.5 Å². The van der Waals surface area contributed by atoms with Crippen LogP contribution >= 0.6 is 0 Å². The lowest BCUT2D eigenvalue weighted by Gasteiger charge is -2.36. The quantitative estimate of drug-likeness (QED) is 0.106. The summed E-state index contributed by atoms with van der Waals surface area (Å²) < 4.78 is 76.8. The molecule has 2 bridgehead atoms. The molecule has 3 aliphatic rings. The van der Waals surface area contributed by atoms with E-state index in [-0.39, 0.29) is 48.0 Å². The van der Waals surface area contributed by atoms with Crippen LogP contribution in [0.15, 0.2) is 213 Å². The highest BCUT2D eigenvalue weighted by Crippen LogP contribution is 2.28. The Bertz CT molecular complexity index is 2280. The Kier molecular flexibility index (Phi) is 16.4. The van der Waals surface area contributed by atoms with Gasteiger partial charge in [-0.2, -0.15) is 0 Å². The summed E-state index contributed by atoms with van der Waals surface area (Å²) in [6.07, 6.45) is 1.92. The molecule has 0 amide bonds. The van der Waals surface area contributed by atoms with E-state index in [1.165, 1.54) is 0 Å². The highest BCUT2D eigenvalue weighted by molar-refractivity contribution is 6.62. The Labute approximate surface area is 404 Å². The minimum Gasteiger partial charge on any atom is -0.537 e. The molecule has 0 spiro atoms. The molecule has 3 aliphatic heterocycles. The first-order valence-corrected chi connectivity index (χ1v) is 22.7. The molecule has 70 heavy (non-hydrogen) atoms. The number of hydrogen-bond donors (Lipinski definition) is 0. The monoisotopic (exact) mass is 946 g/mol. The maximum atomic E-state index is 6.44.